The van der Waals surface area contributed by atoms with Gasteiger partial charge >= 0.3 is 23.9 Å². The minimum absolute atomic E-state index is 0. The number of carboxylic acids is 4. The van der Waals surface area contributed by atoms with Gasteiger partial charge in [0.1, 0.15) is 33.2 Å². The third kappa shape index (κ3) is 17.4. The Kier molecular flexibility index (Phi) is 24.8. The van der Waals surface area contributed by atoms with Crippen molar-refractivity contribution >= 4 is 62.3 Å². The summed E-state index contributed by atoms with van der Waals surface area (Å²) in [5, 5.41) is 45.9. The first-order chi connectivity index (χ1) is 25.7. The third-order valence-corrected chi connectivity index (χ3v) is 10.6. The Hall–Kier alpha value is -4.68. The number of hydrogen-bond donors (Lipinski definition) is 11. The van der Waals surface area contributed by atoms with Crippen molar-refractivity contribution in [2.45, 2.75) is 94.0 Å². The van der Waals surface area contributed by atoms with Crippen LogP contribution in [0.3, 0.4) is 0 Å². The predicted molar refractivity (Wildman–Crippen MR) is 214 cm³/mol. The zero-order valence-electron chi connectivity index (χ0n) is 30.1. The van der Waals surface area contributed by atoms with Gasteiger partial charge in [-0.05, 0) is 60.9 Å². The largest absolute Gasteiger partial charge is 0.481 e. The van der Waals surface area contributed by atoms with Crippen LogP contribution in [0.1, 0.15) is 57.9 Å². The van der Waals surface area contributed by atoms with E-state index in [2.05, 4.69) is 55.8 Å². The molecule has 20 nitrogen and oxygen atoms in total. The fraction of sp³-hybridized carbons (Fsp3) is 0.485. The van der Waals surface area contributed by atoms with Gasteiger partial charge in [-0.2, -0.15) is 0 Å². The number of nitrogens with one attached hydrogen (secondary N) is 7. The van der Waals surface area contributed by atoms with Crippen LogP contribution in [0.5, 0.6) is 0 Å². The van der Waals surface area contributed by atoms with Gasteiger partial charge in [-0.25, -0.2) is 19.9 Å². The molecule has 0 radical (unpaired) electrons. The number of nitrogens with zero attached hydrogens (tertiary/aromatic N) is 4. The van der Waals surface area contributed by atoms with Crippen molar-refractivity contribution in [1.29, 1.82) is 0 Å². The molecule has 23 heteroatoms. The van der Waals surface area contributed by atoms with Crippen molar-refractivity contribution in [3.05, 3.63) is 54.3 Å². The molecule has 4 rings (SSSR count). The van der Waals surface area contributed by atoms with Crippen LogP contribution in [0.25, 0.3) is 0 Å². The van der Waals surface area contributed by atoms with Gasteiger partial charge in [0.25, 0.3) is 0 Å². The molecular formula is C33H53N11O9S3. The monoisotopic (exact) mass is 843 g/mol. The molecular weight excluding hydrogens is 791 g/mol. The number of imidazole rings is 4. The van der Waals surface area contributed by atoms with Crippen molar-refractivity contribution in [2.24, 2.45) is 5.92 Å². The first-order valence-electron chi connectivity index (χ1n) is 16.2. The van der Waals surface area contributed by atoms with Gasteiger partial charge in [0.15, 0.2) is 5.12 Å². The lowest BCUT2D eigenvalue weighted by Crippen LogP contribution is -2.36. The molecule has 0 spiro atoms. The molecule has 11 N–H and O–H groups in total. The maximum atomic E-state index is 11.2. The summed E-state index contributed by atoms with van der Waals surface area (Å²) < 4.78 is 0. The van der Waals surface area contributed by atoms with E-state index < -0.39 is 47.9 Å². The summed E-state index contributed by atoms with van der Waals surface area (Å²) in [7, 11) is 7.51. The normalized spacial score (nSPS) is 12.5. The molecule has 0 aliphatic carbocycles. The molecule has 4 atom stereocenters. The predicted octanol–water partition coefficient (Wildman–Crippen LogP) is 2.96. The van der Waals surface area contributed by atoms with Gasteiger partial charge in [-0.1, -0.05) is 21.8 Å². The SMILES string of the molecule is C.C.CCC(Cc1[nH]cnc1SSc1nc[nH]c1C[C@H](NC)C(=O)O)C(=O)O.CN[C@@H](Cc1[nH]cnc1SC(C)=O)C(=O)O.CN[C@@H](Cc1cnc[nH]1)C(=O)O. The zero-order chi connectivity index (χ0) is 40.2. The van der Waals surface area contributed by atoms with Crippen molar-refractivity contribution in [3.63, 3.8) is 0 Å². The molecule has 0 aromatic carbocycles. The number of H-pyrrole nitrogens is 4. The highest BCUT2D eigenvalue weighted by molar-refractivity contribution is 8.76. The lowest BCUT2D eigenvalue weighted by atomic mass is 10.0. The second-order valence-corrected chi connectivity index (χ2v) is 14.5. The number of hydrogen-bond acceptors (Lipinski definition) is 15. The molecule has 0 amide bonds. The van der Waals surface area contributed by atoms with E-state index in [4.69, 9.17) is 15.3 Å². The van der Waals surface area contributed by atoms with E-state index in [0.717, 1.165) is 28.8 Å². The van der Waals surface area contributed by atoms with Gasteiger partial charge in [-0.3, -0.25) is 24.0 Å². The van der Waals surface area contributed by atoms with Crippen LogP contribution in [0.4, 0.5) is 0 Å². The summed E-state index contributed by atoms with van der Waals surface area (Å²) in [6.07, 6.45) is 9.55. The number of likely N-dealkylation sites (N-methyl/N-ethyl adjacent to an activating group) is 3. The Bertz CT molecular complexity index is 1700. The number of aliphatic carboxylic acids is 4. The van der Waals surface area contributed by atoms with E-state index in [-0.39, 0.29) is 32.8 Å². The molecule has 4 heterocycles. The summed E-state index contributed by atoms with van der Waals surface area (Å²) >= 11 is 0.994. The van der Waals surface area contributed by atoms with Gasteiger partial charge < -0.3 is 56.3 Å². The summed E-state index contributed by atoms with van der Waals surface area (Å²) in [6, 6.07) is -1.95. The molecule has 0 aliphatic heterocycles. The fourth-order valence-corrected chi connectivity index (χ4v) is 7.24. The number of carbonyl (C=O) groups excluding carboxylic acids is 1. The molecule has 0 saturated carbocycles. The molecule has 56 heavy (non-hydrogen) atoms. The second-order valence-electron chi connectivity index (χ2n) is 11.2. The van der Waals surface area contributed by atoms with Gasteiger partial charge in [0, 0.05) is 44.5 Å². The van der Waals surface area contributed by atoms with Crippen molar-refractivity contribution < 1.29 is 44.4 Å². The lowest BCUT2D eigenvalue weighted by molar-refractivity contribution is -0.142. The number of aromatic nitrogens is 8. The average molecular weight is 844 g/mol. The van der Waals surface area contributed by atoms with Crippen LogP contribution in [-0.4, -0.2) is 129 Å². The summed E-state index contributed by atoms with van der Waals surface area (Å²) in [5.74, 6) is -4.01. The fourth-order valence-electron chi connectivity index (χ4n) is 4.43. The highest BCUT2D eigenvalue weighted by atomic mass is 33.1. The maximum absolute atomic E-state index is 11.2. The van der Waals surface area contributed by atoms with E-state index in [1.807, 2.05) is 6.92 Å². The van der Waals surface area contributed by atoms with E-state index >= 15 is 0 Å². The van der Waals surface area contributed by atoms with E-state index in [0.29, 0.717) is 40.0 Å². The van der Waals surface area contributed by atoms with E-state index in [1.54, 1.807) is 33.7 Å². The van der Waals surface area contributed by atoms with Crippen LogP contribution in [0.2, 0.25) is 0 Å². The number of carboxylic acid groups (broad SMARTS) is 4. The van der Waals surface area contributed by atoms with E-state index in [9.17, 15) is 29.1 Å². The minimum Gasteiger partial charge on any atom is -0.481 e. The van der Waals surface area contributed by atoms with Crippen molar-refractivity contribution in [3.8, 4) is 0 Å². The summed E-state index contributed by atoms with van der Waals surface area (Å²) in [4.78, 5) is 82.6. The number of thioether (sulfide) groups is 1. The Morgan fingerprint density at radius 1 is 0.625 bits per heavy atom. The lowest BCUT2D eigenvalue weighted by Gasteiger charge is -2.11. The van der Waals surface area contributed by atoms with Crippen LogP contribution >= 0.6 is 33.3 Å². The summed E-state index contributed by atoms with van der Waals surface area (Å²) in [5.41, 5.74) is 2.96. The first kappa shape index (κ1) is 51.3. The molecule has 4 aromatic heterocycles. The molecule has 0 bridgehead atoms. The van der Waals surface area contributed by atoms with Crippen LogP contribution < -0.4 is 16.0 Å². The maximum Gasteiger partial charge on any atom is 0.321 e. The number of rotatable bonds is 20. The molecule has 312 valence electrons. The van der Waals surface area contributed by atoms with Crippen LogP contribution in [0.15, 0.2) is 46.6 Å². The standard InChI is InChI=1S/C15H21N5O4S2.C9H13N3O3S.C7H11N3O2.2CH4/c1-3-8(14(21)22)4-9-12(19-6-17-9)25-26-13-10(18-7-20-13)5-11(16-2)15(23)24;1-5(13)16-8-6(11-4-12-8)3-7(10-2)9(14)15;1-8-6(7(11)12)2-5-3-9-4-10-5;;/h6-8,11,16H,3-5H2,1-2H3,(H,17,19)(H,18,20)(H,21,22)(H,23,24);4,7,10H,3H2,1-2H3,(H,11,12)(H,14,15);3-4,6,8H,2H2,1H3,(H,9,10)(H,11,12);2*1H4/t8?,11-;7-;6-;;/m000../s1. The topological polar surface area (TPSA) is 317 Å². The van der Waals surface area contributed by atoms with Crippen molar-refractivity contribution in [1.82, 2.24) is 55.8 Å². The molecule has 0 saturated heterocycles. The number of carbonyl (C=O) groups is 5. The minimum atomic E-state index is -0.934. The molecule has 0 fully saturated rings. The van der Waals surface area contributed by atoms with Gasteiger partial charge in [0.2, 0.25) is 0 Å². The van der Waals surface area contributed by atoms with Crippen LogP contribution in [-0.2, 0) is 49.7 Å². The Morgan fingerprint density at radius 3 is 1.39 bits per heavy atom. The zero-order valence-corrected chi connectivity index (χ0v) is 32.5. The highest BCUT2D eigenvalue weighted by Crippen LogP contribution is 2.38. The van der Waals surface area contributed by atoms with Gasteiger partial charge in [-0.15, -0.1) is 0 Å². The highest BCUT2D eigenvalue weighted by Gasteiger charge is 2.22. The third-order valence-electron chi connectivity index (χ3n) is 7.50. The second kappa shape index (κ2) is 27.0. The smallest absolute Gasteiger partial charge is 0.321 e. The van der Waals surface area contributed by atoms with Crippen molar-refractivity contribution in [2.75, 3.05) is 21.1 Å². The first-order valence-corrected chi connectivity index (χ1v) is 19.2. The van der Waals surface area contributed by atoms with Crippen LogP contribution in [0, 0.1) is 5.92 Å². The molecule has 1 unspecified atom stereocenters. The quantitative estimate of drug-likeness (QED) is 0.0450. The number of aromatic amines is 4. The Morgan fingerprint density at radius 2 is 1.04 bits per heavy atom. The molecule has 4 aromatic rings. The molecule has 0 aliphatic rings. The average Bonchev–Trinajstić information content (AvgIpc) is 3.96. The van der Waals surface area contributed by atoms with Gasteiger partial charge in [0.05, 0.1) is 48.3 Å². The Balaban J connectivity index is 0.000000865. The van der Waals surface area contributed by atoms with E-state index in [1.165, 1.54) is 47.5 Å². The summed E-state index contributed by atoms with van der Waals surface area (Å²) in [6.45, 7) is 3.28. The Labute approximate surface area is 336 Å².